The number of aliphatic imine (C=N–C) groups is 1. The van der Waals surface area contributed by atoms with E-state index in [1.165, 1.54) is 0 Å². The summed E-state index contributed by atoms with van der Waals surface area (Å²) in [5, 5.41) is 12.1. The van der Waals surface area contributed by atoms with E-state index >= 15 is 0 Å². The minimum Gasteiger partial charge on any atom is -0.358 e. The Kier molecular flexibility index (Phi) is 5.79. The lowest BCUT2D eigenvalue weighted by atomic mass is 9.90. The lowest BCUT2D eigenvalue weighted by molar-refractivity contribution is -0.121. The molecular formula is C26H24ClN5O2. The van der Waals surface area contributed by atoms with Crippen LogP contribution in [0.25, 0.3) is 22.3 Å². The predicted octanol–water partition coefficient (Wildman–Crippen LogP) is 5.12. The summed E-state index contributed by atoms with van der Waals surface area (Å²) < 4.78 is 7.54. The molecule has 0 radical (unpaired) electrons. The summed E-state index contributed by atoms with van der Waals surface area (Å²) >= 11 is 6.17. The van der Waals surface area contributed by atoms with Gasteiger partial charge in [0.25, 0.3) is 0 Å². The fraction of sp³-hybridized carbons (Fsp3) is 0.231. The summed E-state index contributed by atoms with van der Waals surface area (Å²) in [6.45, 7) is 4.36. The standard InChI is InChI=1S/C26H24ClN5O2/c1-4-28-23(33)12-22-26-24(15(2)31-34-26)20-10-7-17(18-13-29-32(3)14-18)11-21(20)25(30-22)16-5-8-19(27)9-6-16/h5-11,13-14,22H,4,12H2,1-3H3,(H,28,33)/t22-/m0/s1. The third kappa shape index (κ3) is 4.03. The van der Waals surface area contributed by atoms with E-state index in [9.17, 15) is 4.79 Å². The number of nitrogens with one attached hydrogen (secondary N) is 1. The van der Waals surface area contributed by atoms with Crippen molar-refractivity contribution < 1.29 is 9.32 Å². The maximum atomic E-state index is 12.6. The van der Waals surface area contributed by atoms with Crippen LogP contribution in [-0.4, -0.2) is 33.1 Å². The summed E-state index contributed by atoms with van der Waals surface area (Å²) in [7, 11) is 1.90. The summed E-state index contributed by atoms with van der Waals surface area (Å²) in [4.78, 5) is 17.7. The van der Waals surface area contributed by atoms with Crippen LogP contribution in [0.4, 0.5) is 0 Å². The molecule has 34 heavy (non-hydrogen) atoms. The van der Waals surface area contributed by atoms with E-state index in [-0.39, 0.29) is 12.3 Å². The molecule has 8 heteroatoms. The van der Waals surface area contributed by atoms with Crippen LogP contribution >= 0.6 is 11.6 Å². The Hall–Kier alpha value is -3.71. The first-order valence-electron chi connectivity index (χ1n) is 11.1. The molecule has 1 aliphatic rings. The van der Waals surface area contributed by atoms with Gasteiger partial charge in [-0.1, -0.05) is 41.0 Å². The molecule has 0 bridgehead atoms. The van der Waals surface area contributed by atoms with E-state index in [1.54, 1.807) is 4.68 Å². The lowest BCUT2D eigenvalue weighted by Gasteiger charge is -2.13. The molecule has 0 saturated heterocycles. The Bertz CT molecular complexity index is 1400. The first kappa shape index (κ1) is 22.1. The molecule has 4 aromatic rings. The topological polar surface area (TPSA) is 85.3 Å². The van der Waals surface area contributed by atoms with Crippen molar-refractivity contribution in [3.63, 3.8) is 0 Å². The van der Waals surface area contributed by atoms with Crippen molar-refractivity contribution in [2.75, 3.05) is 6.54 Å². The van der Waals surface area contributed by atoms with Crippen LogP contribution in [0.5, 0.6) is 0 Å². The minimum atomic E-state index is -0.511. The number of aromatic nitrogens is 3. The molecule has 7 nitrogen and oxygen atoms in total. The van der Waals surface area contributed by atoms with E-state index in [1.807, 2.05) is 57.6 Å². The molecule has 3 heterocycles. The van der Waals surface area contributed by atoms with Gasteiger partial charge >= 0.3 is 0 Å². The Morgan fingerprint density at radius 2 is 1.88 bits per heavy atom. The molecule has 2 aromatic carbocycles. The Morgan fingerprint density at radius 1 is 1.12 bits per heavy atom. The molecule has 5 rings (SSSR count). The van der Waals surface area contributed by atoms with Crippen LogP contribution in [0.1, 0.15) is 42.0 Å². The molecule has 0 fully saturated rings. The van der Waals surface area contributed by atoms with Crippen molar-refractivity contribution >= 4 is 23.2 Å². The molecule has 2 aromatic heterocycles. The number of amides is 1. The van der Waals surface area contributed by atoms with Crippen molar-refractivity contribution in [1.29, 1.82) is 0 Å². The third-order valence-electron chi connectivity index (χ3n) is 5.93. The Morgan fingerprint density at radius 3 is 2.59 bits per heavy atom. The van der Waals surface area contributed by atoms with Crippen LogP contribution in [0.2, 0.25) is 5.02 Å². The van der Waals surface area contributed by atoms with Gasteiger partial charge in [0.2, 0.25) is 5.91 Å². The largest absolute Gasteiger partial charge is 0.358 e. The van der Waals surface area contributed by atoms with Crippen LogP contribution in [0, 0.1) is 6.92 Å². The van der Waals surface area contributed by atoms with Crippen LogP contribution in [0.3, 0.4) is 0 Å². The molecule has 0 saturated carbocycles. The number of hydrogen-bond acceptors (Lipinski definition) is 5. The maximum absolute atomic E-state index is 12.6. The van der Waals surface area contributed by atoms with Crippen LogP contribution < -0.4 is 5.32 Å². The van der Waals surface area contributed by atoms with Crippen molar-refractivity contribution in [3.05, 3.63) is 82.5 Å². The molecule has 1 amide bonds. The highest BCUT2D eigenvalue weighted by Gasteiger charge is 2.32. The van der Waals surface area contributed by atoms with Crippen LogP contribution in [-0.2, 0) is 11.8 Å². The molecule has 0 unspecified atom stereocenters. The number of halogens is 1. The molecule has 1 atom stereocenters. The van der Waals surface area contributed by atoms with Gasteiger partial charge in [-0.15, -0.1) is 0 Å². The zero-order valence-corrected chi connectivity index (χ0v) is 19.9. The predicted molar refractivity (Wildman–Crippen MR) is 132 cm³/mol. The first-order chi connectivity index (χ1) is 16.4. The SMILES string of the molecule is CCNC(=O)C[C@@H]1N=C(c2ccc(Cl)cc2)c2cc(-c3cnn(C)c3)ccc2-c2c(C)noc21. The van der Waals surface area contributed by atoms with E-state index in [0.29, 0.717) is 17.3 Å². The number of aryl methyl sites for hydroxylation is 2. The number of nitrogens with zero attached hydrogens (tertiary/aromatic N) is 4. The second-order valence-electron chi connectivity index (χ2n) is 8.33. The third-order valence-corrected chi connectivity index (χ3v) is 6.18. The van der Waals surface area contributed by atoms with Gasteiger partial charge in [0, 0.05) is 41.5 Å². The second-order valence-corrected chi connectivity index (χ2v) is 8.76. The van der Waals surface area contributed by atoms with Gasteiger partial charge in [-0.2, -0.15) is 5.10 Å². The number of carbonyl (C=O) groups is 1. The number of hydrogen-bond donors (Lipinski definition) is 1. The number of carbonyl (C=O) groups excluding carboxylic acids is 1. The van der Waals surface area contributed by atoms with Gasteiger partial charge in [-0.3, -0.25) is 14.5 Å². The molecule has 1 aliphatic heterocycles. The summed E-state index contributed by atoms with van der Waals surface area (Å²) in [6, 6.07) is 13.3. The van der Waals surface area contributed by atoms with E-state index < -0.39 is 6.04 Å². The van der Waals surface area contributed by atoms with Gasteiger partial charge in [-0.05, 0) is 43.2 Å². The number of benzene rings is 2. The van der Waals surface area contributed by atoms with E-state index in [2.05, 4.69) is 33.8 Å². The smallest absolute Gasteiger partial charge is 0.222 e. The number of rotatable bonds is 5. The Balaban J connectivity index is 1.75. The lowest BCUT2D eigenvalue weighted by Crippen LogP contribution is -2.24. The Labute approximate surface area is 202 Å². The van der Waals surface area contributed by atoms with Gasteiger partial charge in [0.1, 0.15) is 6.04 Å². The van der Waals surface area contributed by atoms with E-state index in [4.69, 9.17) is 21.1 Å². The van der Waals surface area contributed by atoms with E-state index in [0.717, 1.165) is 44.8 Å². The molecule has 1 N–H and O–H groups in total. The van der Waals surface area contributed by atoms with Crippen LogP contribution in [0.15, 0.2) is 64.4 Å². The molecule has 172 valence electrons. The highest BCUT2D eigenvalue weighted by molar-refractivity contribution is 6.30. The van der Waals surface area contributed by atoms with Crippen molar-refractivity contribution in [2.24, 2.45) is 12.0 Å². The second kappa shape index (κ2) is 8.91. The average molecular weight is 474 g/mol. The van der Waals surface area contributed by atoms with Crippen molar-refractivity contribution in [3.8, 4) is 22.3 Å². The molecular weight excluding hydrogens is 450 g/mol. The van der Waals surface area contributed by atoms with Gasteiger partial charge < -0.3 is 9.84 Å². The molecule has 0 spiro atoms. The average Bonchev–Trinajstić information content (AvgIpc) is 3.39. The maximum Gasteiger partial charge on any atom is 0.222 e. The highest BCUT2D eigenvalue weighted by Crippen LogP contribution is 2.42. The minimum absolute atomic E-state index is 0.0892. The van der Waals surface area contributed by atoms with Gasteiger partial charge in [0.05, 0.1) is 29.6 Å². The number of fused-ring (bicyclic) bond motifs is 3. The fourth-order valence-electron chi connectivity index (χ4n) is 4.36. The van der Waals surface area contributed by atoms with Crippen molar-refractivity contribution in [1.82, 2.24) is 20.3 Å². The highest BCUT2D eigenvalue weighted by atomic mass is 35.5. The fourth-order valence-corrected chi connectivity index (χ4v) is 4.48. The zero-order chi connectivity index (χ0) is 23.8. The first-order valence-corrected chi connectivity index (χ1v) is 11.5. The normalized spacial score (nSPS) is 14.7. The summed E-state index contributed by atoms with van der Waals surface area (Å²) in [5.41, 5.74) is 7.26. The quantitative estimate of drug-likeness (QED) is 0.435. The summed E-state index contributed by atoms with van der Waals surface area (Å²) in [5.74, 6) is 0.511. The molecule has 0 aliphatic carbocycles. The zero-order valence-electron chi connectivity index (χ0n) is 19.2. The summed E-state index contributed by atoms with van der Waals surface area (Å²) in [6.07, 6.45) is 3.98. The van der Waals surface area contributed by atoms with Crippen molar-refractivity contribution in [2.45, 2.75) is 26.3 Å². The van der Waals surface area contributed by atoms with Gasteiger partial charge in [0.15, 0.2) is 5.76 Å². The van der Waals surface area contributed by atoms with Gasteiger partial charge in [-0.25, -0.2) is 0 Å². The monoisotopic (exact) mass is 473 g/mol.